The summed E-state index contributed by atoms with van der Waals surface area (Å²) in [4.78, 5) is 25.5. The molecule has 258 valence electrons. The van der Waals surface area contributed by atoms with E-state index in [9.17, 15) is 13.5 Å². The summed E-state index contributed by atoms with van der Waals surface area (Å²) < 4.78 is 29.3. The Labute approximate surface area is 293 Å². The van der Waals surface area contributed by atoms with E-state index in [0.717, 1.165) is 68.9 Å². The minimum absolute atomic E-state index is 0.0435. The van der Waals surface area contributed by atoms with E-state index in [-0.39, 0.29) is 22.9 Å². The Balaban J connectivity index is 1.17. The van der Waals surface area contributed by atoms with Crippen molar-refractivity contribution in [1.82, 2.24) is 19.9 Å². The van der Waals surface area contributed by atoms with Gasteiger partial charge in [-0.25, -0.2) is 8.42 Å². The minimum Gasteiger partial charge on any atom is -0.506 e. The summed E-state index contributed by atoms with van der Waals surface area (Å²) >= 11 is 0. The maximum Gasteiger partial charge on any atom is 0.264 e. The van der Waals surface area contributed by atoms with Crippen molar-refractivity contribution in [1.29, 1.82) is 0 Å². The molecule has 2 saturated heterocycles. The first-order chi connectivity index (χ1) is 24.3. The summed E-state index contributed by atoms with van der Waals surface area (Å²) in [6, 6.07) is 24.9. The van der Waals surface area contributed by atoms with E-state index in [2.05, 4.69) is 25.0 Å². The summed E-state index contributed by atoms with van der Waals surface area (Å²) in [6.07, 6.45) is 6.96. The molecule has 2 aliphatic rings. The van der Waals surface area contributed by atoms with Gasteiger partial charge in [0.05, 0.1) is 17.1 Å². The van der Waals surface area contributed by atoms with E-state index in [4.69, 9.17) is 15.0 Å². The quantitative estimate of drug-likeness (QED) is 0.186. The molecule has 0 bridgehead atoms. The van der Waals surface area contributed by atoms with Crippen LogP contribution < -0.4 is 24.3 Å². The van der Waals surface area contributed by atoms with Gasteiger partial charge in [-0.1, -0.05) is 48.0 Å². The standard InChI is InChI=1S/C37H41N9O3S/c1-28-10-13-32(14-11-28)50(48,49)46(27-29-8-4-2-5-9-29)33-15-12-30(26-34(33)47)39-35-40-36(44-20-6-3-7-21-44)42-37(41-35)45-24-22-43(23-25-45)31-16-18-38-19-17-31/h2,4-5,8-19,26,47H,3,6-7,20-25,27H2,1H3,(H,39,40,41,42). The van der Waals surface area contributed by atoms with Gasteiger partial charge in [0.2, 0.25) is 17.8 Å². The van der Waals surface area contributed by atoms with Crippen LogP contribution in [0, 0.1) is 6.92 Å². The van der Waals surface area contributed by atoms with Crippen LogP contribution in [-0.4, -0.2) is 72.7 Å². The molecule has 5 aromatic rings. The topological polar surface area (TPSA) is 131 Å². The van der Waals surface area contributed by atoms with Gasteiger partial charge in [-0.15, -0.1) is 0 Å². The highest BCUT2D eigenvalue weighted by atomic mass is 32.2. The molecule has 2 N–H and O–H groups in total. The van der Waals surface area contributed by atoms with Crippen LogP contribution in [0.5, 0.6) is 5.75 Å². The van der Waals surface area contributed by atoms with Crippen LogP contribution >= 0.6 is 0 Å². The molecule has 13 heteroatoms. The Morgan fingerprint density at radius 1 is 0.740 bits per heavy atom. The number of sulfonamides is 1. The molecular weight excluding hydrogens is 651 g/mol. The first kappa shape index (κ1) is 33.1. The van der Waals surface area contributed by atoms with Crippen molar-refractivity contribution in [2.24, 2.45) is 0 Å². The zero-order valence-electron chi connectivity index (χ0n) is 28.1. The Morgan fingerprint density at radius 2 is 1.38 bits per heavy atom. The lowest BCUT2D eigenvalue weighted by Crippen LogP contribution is -2.47. The molecule has 4 heterocycles. The van der Waals surface area contributed by atoms with Gasteiger partial charge in [0.15, 0.2) is 0 Å². The SMILES string of the molecule is Cc1ccc(S(=O)(=O)N(Cc2ccccc2)c2ccc(Nc3nc(N4CCCCC4)nc(N4CCN(c5ccncc5)CC4)n3)cc2O)cc1. The number of aromatic hydroxyl groups is 1. The largest absolute Gasteiger partial charge is 0.506 e. The van der Waals surface area contributed by atoms with Crippen LogP contribution in [0.25, 0.3) is 0 Å². The molecule has 0 amide bonds. The first-order valence-corrected chi connectivity index (χ1v) is 18.4. The Bertz CT molecular complexity index is 2000. The summed E-state index contributed by atoms with van der Waals surface area (Å²) in [5.41, 5.74) is 3.56. The molecule has 0 spiro atoms. The number of rotatable bonds is 10. The van der Waals surface area contributed by atoms with E-state index in [1.807, 2.05) is 61.8 Å². The fraction of sp³-hybridized carbons (Fsp3) is 0.297. The average Bonchev–Trinajstić information content (AvgIpc) is 3.15. The van der Waals surface area contributed by atoms with Crippen molar-refractivity contribution in [3.8, 4) is 5.75 Å². The van der Waals surface area contributed by atoms with Gasteiger partial charge in [-0.3, -0.25) is 9.29 Å². The lowest BCUT2D eigenvalue weighted by Gasteiger charge is -2.36. The number of pyridine rings is 1. The van der Waals surface area contributed by atoms with Gasteiger partial charge < -0.3 is 25.1 Å². The number of hydrogen-bond acceptors (Lipinski definition) is 11. The highest BCUT2D eigenvalue weighted by Gasteiger charge is 2.28. The van der Waals surface area contributed by atoms with E-state index < -0.39 is 10.0 Å². The van der Waals surface area contributed by atoms with Crippen LogP contribution in [-0.2, 0) is 16.6 Å². The number of nitrogens with one attached hydrogen (secondary N) is 1. The molecule has 7 rings (SSSR count). The highest BCUT2D eigenvalue weighted by Crippen LogP contribution is 2.36. The number of piperazine rings is 1. The molecule has 0 saturated carbocycles. The number of benzene rings is 3. The van der Waals surface area contributed by atoms with Crippen molar-refractivity contribution in [2.75, 3.05) is 63.6 Å². The third-order valence-electron chi connectivity index (χ3n) is 9.12. The zero-order chi connectivity index (χ0) is 34.5. The van der Waals surface area contributed by atoms with Gasteiger partial charge in [-0.2, -0.15) is 15.0 Å². The summed E-state index contributed by atoms with van der Waals surface area (Å²) in [7, 11) is -4.02. The number of phenolic OH excluding ortho intramolecular Hbond substituents is 1. The van der Waals surface area contributed by atoms with Crippen molar-refractivity contribution in [2.45, 2.75) is 37.6 Å². The predicted octanol–water partition coefficient (Wildman–Crippen LogP) is 5.74. The smallest absolute Gasteiger partial charge is 0.264 e. The first-order valence-electron chi connectivity index (χ1n) is 17.0. The summed E-state index contributed by atoms with van der Waals surface area (Å²) in [5.74, 6) is 1.37. The highest BCUT2D eigenvalue weighted by molar-refractivity contribution is 7.92. The van der Waals surface area contributed by atoms with Crippen LogP contribution in [0.1, 0.15) is 30.4 Å². The maximum atomic E-state index is 14.0. The second-order valence-corrected chi connectivity index (χ2v) is 14.5. The minimum atomic E-state index is -4.02. The zero-order valence-corrected chi connectivity index (χ0v) is 28.9. The van der Waals surface area contributed by atoms with Gasteiger partial charge >= 0.3 is 0 Å². The molecule has 0 radical (unpaired) electrons. The Hall–Kier alpha value is -5.43. The molecule has 0 aliphatic carbocycles. The molecule has 2 fully saturated rings. The lowest BCUT2D eigenvalue weighted by atomic mass is 10.1. The summed E-state index contributed by atoms with van der Waals surface area (Å²) in [5, 5.41) is 14.7. The van der Waals surface area contributed by atoms with Crippen LogP contribution in [0.3, 0.4) is 0 Å². The molecule has 2 aliphatic heterocycles. The second-order valence-electron chi connectivity index (χ2n) is 12.6. The molecule has 50 heavy (non-hydrogen) atoms. The van der Waals surface area contributed by atoms with Gasteiger partial charge in [0.25, 0.3) is 10.0 Å². The van der Waals surface area contributed by atoms with E-state index in [1.165, 1.54) is 16.8 Å². The molecule has 0 atom stereocenters. The normalized spacial score (nSPS) is 15.2. The number of hydrogen-bond donors (Lipinski definition) is 2. The predicted molar refractivity (Wildman–Crippen MR) is 197 cm³/mol. The lowest BCUT2D eigenvalue weighted by molar-refractivity contribution is 0.475. The van der Waals surface area contributed by atoms with Crippen molar-refractivity contribution in [3.05, 3.63) is 108 Å². The third kappa shape index (κ3) is 7.42. The van der Waals surface area contributed by atoms with E-state index >= 15 is 0 Å². The summed E-state index contributed by atoms with van der Waals surface area (Å²) in [6.45, 7) is 6.82. The molecule has 2 aromatic heterocycles. The van der Waals surface area contributed by atoms with Gasteiger partial charge in [-0.05, 0) is 68.1 Å². The number of anilines is 6. The molecule has 12 nitrogen and oxygen atoms in total. The fourth-order valence-corrected chi connectivity index (χ4v) is 7.80. The number of piperidine rings is 1. The number of phenols is 1. The van der Waals surface area contributed by atoms with Crippen molar-refractivity contribution < 1.29 is 13.5 Å². The van der Waals surface area contributed by atoms with Crippen LogP contribution in [0.2, 0.25) is 0 Å². The van der Waals surface area contributed by atoms with Gasteiger partial charge in [0.1, 0.15) is 5.75 Å². The third-order valence-corrected chi connectivity index (χ3v) is 10.9. The van der Waals surface area contributed by atoms with Crippen LogP contribution in [0.15, 0.2) is 102 Å². The van der Waals surface area contributed by atoms with E-state index in [0.29, 0.717) is 23.5 Å². The molecule has 0 unspecified atom stereocenters. The Morgan fingerprint density at radius 3 is 2.04 bits per heavy atom. The van der Waals surface area contributed by atoms with Crippen molar-refractivity contribution in [3.63, 3.8) is 0 Å². The molecular formula is C37H41N9O3S. The van der Waals surface area contributed by atoms with Crippen LogP contribution in [0.4, 0.5) is 34.9 Å². The monoisotopic (exact) mass is 691 g/mol. The maximum absolute atomic E-state index is 14.0. The number of nitrogens with zero attached hydrogens (tertiary/aromatic N) is 8. The van der Waals surface area contributed by atoms with Crippen molar-refractivity contribution >= 4 is 44.9 Å². The average molecular weight is 692 g/mol. The van der Waals surface area contributed by atoms with E-state index in [1.54, 1.807) is 36.4 Å². The number of aromatic nitrogens is 4. The Kier molecular flexibility index (Phi) is 9.65. The second kappa shape index (κ2) is 14.6. The number of aryl methyl sites for hydroxylation is 1. The fourth-order valence-electron chi connectivity index (χ4n) is 6.33. The molecule has 3 aromatic carbocycles. The van der Waals surface area contributed by atoms with Gasteiger partial charge in [0, 0.05) is 69.1 Å².